The number of nitrogens with zero attached hydrogens (tertiary/aromatic N) is 2. The maximum absolute atomic E-state index is 12.7. The highest BCUT2D eigenvalue weighted by molar-refractivity contribution is 7.89. The summed E-state index contributed by atoms with van der Waals surface area (Å²) in [4.78, 5) is 28.9. The van der Waals surface area contributed by atoms with E-state index in [1.54, 1.807) is 33.8 Å². The number of aryl methyl sites for hydroxylation is 2. The van der Waals surface area contributed by atoms with Crippen LogP contribution in [0.25, 0.3) is 0 Å². The predicted octanol–water partition coefficient (Wildman–Crippen LogP) is 2.83. The zero-order valence-corrected chi connectivity index (χ0v) is 18.0. The monoisotopic (exact) mass is 425 g/mol. The lowest BCUT2D eigenvalue weighted by Gasteiger charge is -2.19. The van der Waals surface area contributed by atoms with Crippen LogP contribution in [0.1, 0.15) is 45.1 Å². The van der Waals surface area contributed by atoms with Gasteiger partial charge >= 0.3 is 5.97 Å². The number of aromatic nitrogens is 1. The van der Waals surface area contributed by atoms with Gasteiger partial charge in [-0.3, -0.25) is 10.1 Å². The number of hydrogen-bond donors (Lipinski definition) is 1. The maximum atomic E-state index is 12.7. The average molecular weight is 426 g/mol. The molecule has 10 heteroatoms. The van der Waals surface area contributed by atoms with E-state index >= 15 is 0 Å². The average Bonchev–Trinajstić information content (AvgIpc) is 3.02. The Bertz CT molecular complexity index is 995. The number of hydrogen-bond acceptors (Lipinski definition) is 7. The first-order valence-corrected chi connectivity index (χ1v) is 10.9. The van der Waals surface area contributed by atoms with Crippen LogP contribution in [0.5, 0.6) is 0 Å². The number of benzene rings is 1. The van der Waals surface area contributed by atoms with E-state index in [4.69, 9.17) is 0 Å². The molecule has 152 valence electrons. The van der Waals surface area contributed by atoms with E-state index in [1.165, 1.54) is 23.5 Å². The van der Waals surface area contributed by atoms with Crippen molar-refractivity contribution in [2.24, 2.45) is 0 Å². The summed E-state index contributed by atoms with van der Waals surface area (Å²) in [6.07, 6.45) is 0. The number of ether oxygens (including phenoxy) is 1. The number of thiazole rings is 1. The van der Waals surface area contributed by atoms with Crippen molar-refractivity contribution in [2.45, 2.75) is 32.6 Å². The van der Waals surface area contributed by atoms with Crippen LogP contribution >= 0.6 is 11.3 Å². The Kier molecular flexibility index (Phi) is 6.91. The summed E-state index contributed by atoms with van der Waals surface area (Å²) in [5, 5.41) is 2.86. The van der Waals surface area contributed by atoms with Crippen molar-refractivity contribution in [3.05, 3.63) is 39.9 Å². The number of rotatable bonds is 7. The van der Waals surface area contributed by atoms with Crippen LogP contribution in [0.15, 0.2) is 23.1 Å². The Morgan fingerprint density at radius 3 is 2.43 bits per heavy atom. The van der Waals surface area contributed by atoms with E-state index in [0.29, 0.717) is 29.2 Å². The smallest absolute Gasteiger partial charge is 0.350 e. The first-order valence-electron chi connectivity index (χ1n) is 8.63. The molecule has 1 aromatic carbocycles. The molecule has 1 heterocycles. The molecule has 0 fully saturated rings. The first kappa shape index (κ1) is 22.0. The Hall–Kier alpha value is -2.30. The van der Waals surface area contributed by atoms with Gasteiger partial charge in [0.25, 0.3) is 5.91 Å². The molecule has 0 radical (unpaired) electrons. The predicted molar refractivity (Wildman–Crippen MR) is 107 cm³/mol. The van der Waals surface area contributed by atoms with Crippen LogP contribution in [0.2, 0.25) is 0 Å². The van der Waals surface area contributed by atoms with Crippen molar-refractivity contribution in [3.8, 4) is 0 Å². The van der Waals surface area contributed by atoms with Crippen LogP contribution in [0.3, 0.4) is 0 Å². The van der Waals surface area contributed by atoms with Crippen molar-refractivity contribution in [2.75, 3.05) is 25.5 Å². The number of carbonyl (C=O) groups excluding carboxylic acids is 2. The Labute approximate surface area is 168 Å². The molecule has 0 aliphatic heterocycles. The van der Waals surface area contributed by atoms with E-state index in [0.717, 1.165) is 11.3 Å². The third-order valence-electron chi connectivity index (χ3n) is 4.18. The van der Waals surface area contributed by atoms with E-state index in [1.807, 2.05) is 0 Å². The lowest BCUT2D eigenvalue weighted by atomic mass is 10.1. The van der Waals surface area contributed by atoms with Crippen LogP contribution in [0, 0.1) is 13.8 Å². The zero-order valence-electron chi connectivity index (χ0n) is 16.4. The van der Waals surface area contributed by atoms with Crippen LogP contribution in [0.4, 0.5) is 5.13 Å². The molecular weight excluding hydrogens is 402 g/mol. The highest BCUT2D eigenvalue weighted by atomic mass is 32.2. The number of esters is 1. The standard InChI is InChI=1S/C18H23N3O5S2/c1-6-21(7-2)28(24,25)13-9-8-11(3)14(10-13)16(22)20-18-19-12(4)15(27-18)17(23)26-5/h8-10H,6-7H2,1-5H3,(H,19,20,22). The molecule has 1 N–H and O–H groups in total. The number of sulfonamides is 1. The molecule has 1 amide bonds. The molecule has 0 bridgehead atoms. The Morgan fingerprint density at radius 2 is 1.86 bits per heavy atom. The van der Waals surface area contributed by atoms with E-state index < -0.39 is 21.9 Å². The van der Waals surface area contributed by atoms with E-state index in [-0.39, 0.29) is 15.6 Å². The second kappa shape index (κ2) is 8.80. The number of anilines is 1. The summed E-state index contributed by atoms with van der Waals surface area (Å²) in [5.41, 5.74) is 1.29. The topological polar surface area (TPSA) is 106 Å². The van der Waals surface area contributed by atoms with Crippen LogP contribution in [-0.4, -0.2) is 49.8 Å². The SMILES string of the molecule is CCN(CC)S(=O)(=O)c1ccc(C)c(C(=O)Nc2nc(C)c(C(=O)OC)s2)c1. The van der Waals surface area contributed by atoms with E-state index in [2.05, 4.69) is 15.0 Å². The summed E-state index contributed by atoms with van der Waals surface area (Å²) in [5.74, 6) is -1.03. The van der Waals surface area contributed by atoms with Gasteiger partial charge in [0.2, 0.25) is 10.0 Å². The van der Waals surface area contributed by atoms with Gasteiger partial charge in [-0.05, 0) is 31.5 Å². The molecule has 1 aromatic heterocycles. The summed E-state index contributed by atoms with van der Waals surface area (Å²) in [7, 11) is -2.42. The number of methoxy groups -OCH3 is 1. The van der Waals surface area contributed by atoms with Crippen molar-refractivity contribution in [1.82, 2.24) is 9.29 Å². The third kappa shape index (κ3) is 4.40. The minimum absolute atomic E-state index is 0.0533. The summed E-state index contributed by atoms with van der Waals surface area (Å²) in [6.45, 7) is 7.54. The second-order valence-corrected chi connectivity index (χ2v) is 8.88. The van der Waals surface area contributed by atoms with Gasteiger partial charge in [-0.1, -0.05) is 31.3 Å². The van der Waals surface area contributed by atoms with Crippen molar-refractivity contribution in [1.29, 1.82) is 0 Å². The minimum Gasteiger partial charge on any atom is -0.465 e. The molecule has 0 aliphatic rings. The van der Waals surface area contributed by atoms with Gasteiger partial charge in [-0.15, -0.1) is 0 Å². The normalized spacial score (nSPS) is 11.5. The molecule has 2 rings (SSSR count). The summed E-state index contributed by atoms with van der Waals surface area (Å²) < 4.78 is 31.5. The van der Waals surface area contributed by atoms with Gasteiger partial charge in [0.05, 0.1) is 17.7 Å². The number of amides is 1. The molecule has 8 nitrogen and oxygen atoms in total. The third-order valence-corrected chi connectivity index (χ3v) is 7.28. The lowest BCUT2D eigenvalue weighted by Crippen LogP contribution is -2.30. The molecular formula is C18H23N3O5S2. The summed E-state index contributed by atoms with van der Waals surface area (Å²) >= 11 is 0.999. The zero-order chi connectivity index (χ0) is 21.1. The fourth-order valence-electron chi connectivity index (χ4n) is 2.62. The van der Waals surface area contributed by atoms with E-state index in [9.17, 15) is 18.0 Å². The highest BCUT2D eigenvalue weighted by Gasteiger charge is 2.24. The lowest BCUT2D eigenvalue weighted by molar-refractivity contribution is 0.0605. The second-order valence-electron chi connectivity index (χ2n) is 5.95. The molecule has 0 atom stereocenters. The Morgan fingerprint density at radius 1 is 1.21 bits per heavy atom. The molecule has 0 aliphatic carbocycles. The van der Waals surface area contributed by atoms with Gasteiger partial charge in [-0.25, -0.2) is 18.2 Å². The van der Waals surface area contributed by atoms with Crippen molar-refractivity contribution >= 4 is 38.4 Å². The Balaban J connectivity index is 2.35. The summed E-state index contributed by atoms with van der Waals surface area (Å²) in [6, 6.07) is 4.45. The van der Waals surface area contributed by atoms with Crippen LogP contribution < -0.4 is 5.32 Å². The molecule has 0 unspecified atom stereocenters. The van der Waals surface area contributed by atoms with Gasteiger partial charge in [-0.2, -0.15) is 4.31 Å². The fraction of sp³-hybridized carbons (Fsp3) is 0.389. The molecule has 2 aromatic rings. The number of nitrogens with one attached hydrogen (secondary N) is 1. The quantitative estimate of drug-likeness (QED) is 0.684. The minimum atomic E-state index is -3.68. The fourth-order valence-corrected chi connectivity index (χ4v) is 4.98. The highest BCUT2D eigenvalue weighted by Crippen LogP contribution is 2.25. The van der Waals surface area contributed by atoms with Crippen molar-refractivity contribution < 1.29 is 22.7 Å². The largest absolute Gasteiger partial charge is 0.465 e. The molecule has 28 heavy (non-hydrogen) atoms. The van der Waals surface area contributed by atoms with Gasteiger partial charge in [0.15, 0.2) is 5.13 Å². The molecule has 0 saturated carbocycles. The molecule has 0 saturated heterocycles. The van der Waals surface area contributed by atoms with Gasteiger partial charge in [0.1, 0.15) is 4.88 Å². The van der Waals surface area contributed by atoms with Crippen molar-refractivity contribution in [3.63, 3.8) is 0 Å². The van der Waals surface area contributed by atoms with Gasteiger partial charge in [0, 0.05) is 18.7 Å². The maximum Gasteiger partial charge on any atom is 0.350 e. The van der Waals surface area contributed by atoms with Gasteiger partial charge < -0.3 is 4.74 Å². The first-order chi connectivity index (χ1) is 13.1. The van der Waals surface area contributed by atoms with Crippen LogP contribution in [-0.2, 0) is 14.8 Å². The molecule has 0 spiro atoms. The number of carbonyl (C=O) groups is 2.